The summed E-state index contributed by atoms with van der Waals surface area (Å²) in [5.41, 5.74) is 1.28. The summed E-state index contributed by atoms with van der Waals surface area (Å²) in [6.45, 7) is 3.78. The quantitative estimate of drug-likeness (QED) is 0.626. The number of carbonyl (C=O) groups is 1. The highest BCUT2D eigenvalue weighted by Gasteiger charge is 2.13. The molecule has 27 heavy (non-hydrogen) atoms. The summed E-state index contributed by atoms with van der Waals surface area (Å²) in [6.07, 6.45) is 1.40. The zero-order chi connectivity index (χ0) is 19.4. The Morgan fingerprint density at radius 3 is 2.44 bits per heavy atom. The number of hydrogen-bond acceptors (Lipinski definition) is 4. The number of nitrogens with zero attached hydrogens (tertiary/aromatic N) is 1. The monoisotopic (exact) mass is 365 g/mol. The molecule has 3 N–H and O–H groups in total. The number of aryl methyl sites for hydroxylation is 1. The maximum atomic E-state index is 12.4. The maximum absolute atomic E-state index is 12.4. The number of hydrogen-bond donors (Lipinski definition) is 3. The normalized spacial score (nSPS) is 11.5. The number of rotatable bonds is 6. The minimum absolute atomic E-state index is 0.207. The van der Waals surface area contributed by atoms with Crippen molar-refractivity contribution >= 4 is 16.7 Å². The molecule has 0 saturated carbocycles. The lowest BCUT2D eigenvalue weighted by atomic mass is 9.98. The van der Waals surface area contributed by atoms with Crippen molar-refractivity contribution in [2.75, 3.05) is 0 Å². The fourth-order valence-electron chi connectivity index (χ4n) is 2.85. The number of benzene rings is 2. The van der Waals surface area contributed by atoms with Gasteiger partial charge in [-0.15, -0.1) is 0 Å². The van der Waals surface area contributed by atoms with E-state index in [4.69, 9.17) is 0 Å². The Hall–Kier alpha value is -2.99. The van der Waals surface area contributed by atoms with Crippen LogP contribution in [0.25, 0.3) is 10.8 Å². The van der Waals surface area contributed by atoms with Crippen molar-refractivity contribution in [1.82, 2.24) is 15.5 Å². The van der Waals surface area contributed by atoms with E-state index in [0.29, 0.717) is 23.1 Å². The summed E-state index contributed by atoms with van der Waals surface area (Å²) in [6, 6.07) is 14.5. The molecule has 1 aromatic heterocycles. The van der Waals surface area contributed by atoms with Gasteiger partial charge in [-0.05, 0) is 50.5 Å². The zero-order valence-corrected chi connectivity index (χ0v) is 15.5. The minimum atomic E-state index is -0.706. The first-order valence-corrected chi connectivity index (χ1v) is 8.89. The van der Waals surface area contributed by atoms with Crippen LogP contribution in [-0.2, 0) is 13.0 Å². The molecule has 3 rings (SSSR count). The molecule has 0 saturated heterocycles. The lowest BCUT2D eigenvalue weighted by molar-refractivity contribution is 0.0713. The molecule has 140 valence electrons. The van der Waals surface area contributed by atoms with E-state index in [2.05, 4.69) is 15.5 Å². The molecule has 0 aliphatic carbocycles. The number of amides is 1. The van der Waals surface area contributed by atoms with Gasteiger partial charge in [-0.2, -0.15) is 5.10 Å². The van der Waals surface area contributed by atoms with E-state index in [-0.39, 0.29) is 18.0 Å². The smallest absolute Gasteiger partial charge is 0.272 e. The van der Waals surface area contributed by atoms with Gasteiger partial charge in [0, 0.05) is 10.9 Å². The van der Waals surface area contributed by atoms with E-state index in [1.165, 1.54) is 0 Å². The van der Waals surface area contributed by atoms with Crippen molar-refractivity contribution in [1.29, 1.82) is 0 Å². The molecule has 0 bridgehead atoms. The second kappa shape index (κ2) is 7.72. The average molecular weight is 365 g/mol. The summed E-state index contributed by atoms with van der Waals surface area (Å²) in [7, 11) is 0. The highest BCUT2D eigenvalue weighted by Crippen LogP contribution is 2.15. The fourth-order valence-corrected chi connectivity index (χ4v) is 2.85. The molecular weight excluding hydrogens is 342 g/mol. The van der Waals surface area contributed by atoms with Gasteiger partial charge < -0.3 is 10.4 Å². The van der Waals surface area contributed by atoms with Crippen LogP contribution in [0.4, 0.5) is 0 Å². The minimum Gasteiger partial charge on any atom is -0.390 e. The van der Waals surface area contributed by atoms with Crippen LogP contribution in [0.15, 0.2) is 53.3 Å². The van der Waals surface area contributed by atoms with E-state index < -0.39 is 5.60 Å². The number of fused-ring (bicyclic) bond motifs is 1. The second-order valence-corrected chi connectivity index (χ2v) is 7.24. The molecule has 1 amide bonds. The first-order valence-electron chi connectivity index (χ1n) is 8.89. The molecule has 3 aromatic rings. The summed E-state index contributed by atoms with van der Waals surface area (Å²) in [5.74, 6) is -0.207. The number of aliphatic hydroxyl groups is 1. The number of carbonyl (C=O) groups excluding carboxylic acids is 1. The third-order valence-corrected chi connectivity index (χ3v) is 4.43. The molecule has 1 heterocycles. The molecule has 0 atom stereocenters. The highest BCUT2D eigenvalue weighted by molar-refractivity contribution is 5.94. The first kappa shape index (κ1) is 18.8. The summed E-state index contributed by atoms with van der Waals surface area (Å²) >= 11 is 0. The van der Waals surface area contributed by atoms with Gasteiger partial charge in [-0.1, -0.05) is 30.3 Å². The first-order chi connectivity index (χ1) is 12.8. The Balaban J connectivity index is 1.66. The molecule has 0 aliphatic rings. The van der Waals surface area contributed by atoms with Gasteiger partial charge in [0.05, 0.1) is 23.2 Å². The Morgan fingerprint density at radius 2 is 1.78 bits per heavy atom. The van der Waals surface area contributed by atoms with E-state index in [1.807, 2.05) is 24.3 Å². The molecule has 6 nitrogen and oxygen atoms in total. The third-order valence-electron chi connectivity index (χ3n) is 4.43. The van der Waals surface area contributed by atoms with E-state index >= 15 is 0 Å². The van der Waals surface area contributed by atoms with Crippen molar-refractivity contribution in [2.45, 2.75) is 38.8 Å². The summed E-state index contributed by atoms with van der Waals surface area (Å²) < 4.78 is 0. The van der Waals surface area contributed by atoms with Crippen molar-refractivity contribution in [2.24, 2.45) is 0 Å². The van der Waals surface area contributed by atoms with Gasteiger partial charge in [0.15, 0.2) is 0 Å². The number of nitrogens with one attached hydrogen (secondary N) is 2. The van der Waals surface area contributed by atoms with Crippen LogP contribution in [-0.4, -0.2) is 26.8 Å². The largest absolute Gasteiger partial charge is 0.390 e. The van der Waals surface area contributed by atoms with Crippen molar-refractivity contribution in [3.05, 3.63) is 75.7 Å². The predicted octanol–water partition coefficient (Wildman–Crippen LogP) is 2.56. The van der Waals surface area contributed by atoms with Crippen molar-refractivity contribution in [3.8, 4) is 0 Å². The Kier molecular flexibility index (Phi) is 5.37. The Bertz CT molecular complexity index is 1000. The Labute approximate surface area is 157 Å². The summed E-state index contributed by atoms with van der Waals surface area (Å²) in [4.78, 5) is 24.2. The average Bonchev–Trinajstić information content (AvgIpc) is 2.66. The molecule has 0 unspecified atom stereocenters. The van der Waals surface area contributed by atoms with Gasteiger partial charge in [0.25, 0.3) is 11.5 Å². The maximum Gasteiger partial charge on any atom is 0.272 e. The summed E-state index contributed by atoms with van der Waals surface area (Å²) in [5, 5.41) is 20.4. The van der Waals surface area contributed by atoms with Crippen LogP contribution in [0.1, 0.15) is 41.9 Å². The fraction of sp³-hybridized carbons (Fsp3) is 0.286. The van der Waals surface area contributed by atoms with Crippen LogP contribution in [0.5, 0.6) is 0 Å². The lowest BCUT2D eigenvalue weighted by Crippen LogP contribution is -2.24. The van der Waals surface area contributed by atoms with Crippen LogP contribution < -0.4 is 10.9 Å². The number of aromatic amines is 1. The lowest BCUT2D eigenvalue weighted by Gasteiger charge is -2.16. The molecule has 0 radical (unpaired) electrons. The van der Waals surface area contributed by atoms with Crippen LogP contribution >= 0.6 is 0 Å². The van der Waals surface area contributed by atoms with E-state index in [0.717, 1.165) is 17.4 Å². The van der Waals surface area contributed by atoms with E-state index in [1.54, 1.807) is 38.1 Å². The van der Waals surface area contributed by atoms with Crippen LogP contribution in [0, 0.1) is 0 Å². The number of aromatic nitrogens is 2. The Morgan fingerprint density at radius 1 is 1.11 bits per heavy atom. The van der Waals surface area contributed by atoms with E-state index in [9.17, 15) is 14.7 Å². The topological polar surface area (TPSA) is 95.1 Å². The standard InChI is InChI=1S/C21H23N3O3/c1-21(2,27)12-11-14-7-9-15(10-8-14)19(25)22-13-18-16-5-3-4-6-17(16)20(26)24-23-18/h3-10,27H,11-13H2,1-2H3,(H,22,25)(H,24,26). The van der Waals surface area contributed by atoms with Gasteiger partial charge in [0.1, 0.15) is 0 Å². The van der Waals surface area contributed by atoms with Crippen LogP contribution in [0.2, 0.25) is 0 Å². The zero-order valence-electron chi connectivity index (χ0n) is 15.5. The molecule has 0 spiro atoms. The second-order valence-electron chi connectivity index (χ2n) is 7.24. The van der Waals surface area contributed by atoms with Crippen molar-refractivity contribution < 1.29 is 9.90 Å². The predicted molar refractivity (Wildman–Crippen MR) is 105 cm³/mol. The SMILES string of the molecule is CC(C)(O)CCc1ccc(C(=O)NCc2n[nH]c(=O)c3ccccc23)cc1. The molecule has 0 fully saturated rings. The van der Waals surface area contributed by atoms with Gasteiger partial charge in [0.2, 0.25) is 0 Å². The number of H-pyrrole nitrogens is 1. The molecule has 2 aromatic carbocycles. The van der Waals surface area contributed by atoms with Gasteiger partial charge >= 0.3 is 0 Å². The molecule has 6 heteroatoms. The molecule has 0 aliphatic heterocycles. The van der Waals surface area contributed by atoms with Gasteiger partial charge in [-0.25, -0.2) is 5.10 Å². The van der Waals surface area contributed by atoms with Gasteiger partial charge in [-0.3, -0.25) is 9.59 Å². The third kappa shape index (κ3) is 4.80. The molecular formula is C21H23N3O3. The van der Waals surface area contributed by atoms with Crippen LogP contribution in [0.3, 0.4) is 0 Å². The highest BCUT2D eigenvalue weighted by atomic mass is 16.3. The van der Waals surface area contributed by atoms with Crippen molar-refractivity contribution in [3.63, 3.8) is 0 Å².